The van der Waals surface area contributed by atoms with Gasteiger partial charge in [-0.3, -0.25) is 9.59 Å². The number of carbonyl (C=O) groups is 2. The fourth-order valence-corrected chi connectivity index (χ4v) is 1.55. The average molecular weight is 242 g/mol. The lowest BCUT2D eigenvalue weighted by Gasteiger charge is -2.05. The maximum absolute atomic E-state index is 10.7. The van der Waals surface area contributed by atoms with Crippen LogP contribution in [0.5, 0.6) is 0 Å². The maximum atomic E-state index is 10.7. The number of unbranched alkanes of at least 4 members (excludes halogenated alkanes) is 4. The van der Waals surface area contributed by atoms with Crippen molar-refractivity contribution in [2.24, 2.45) is 5.92 Å². The van der Waals surface area contributed by atoms with Gasteiger partial charge in [0.05, 0.1) is 12.3 Å². The topological polar surface area (TPSA) is 74.6 Å². The van der Waals surface area contributed by atoms with Gasteiger partial charge >= 0.3 is 11.9 Å². The number of carboxylic acid groups (broad SMARTS) is 2. The van der Waals surface area contributed by atoms with E-state index < -0.39 is 17.9 Å². The molecule has 0 saturated carbocycles. The van der Waals surface area contributed by atoms with Gasteiger partial charge in [0.1, 0.15) is 0 Å². The van der Waals surface area contributed by atoms with Crippen LogP contribution in [0, 0.1) is 5.92 Å². The summed E-state index contributed by atoms with van der Waals surface area (Å²) in [6.07, 6.45) is 9.40. The lowest BCUT2D eigenvalue weighted by Crippen LogP contribution is -2.16. The minimum absolute atomic E-state index is 0.301. The minimum atomic E-state index is -1.06. The van der Waals surface area contributed by atoms with Crippen molar-refractivity contribution in [2.45, 2.75) is 51.9 Å². The van der Waals surface area contributed by atoms with Crippen LogP contribution in [0.1, 0.15) is 51.9 Å². The molecule has 0 aromatic rings. The molecule has 2 N–H and O–H groups in total. The molecule has 0 saturated heterocycles. The molecule has 0 aromatic carbocycles. The van der Waals surface area contributed by atoms with Gasteiger partial charge in [-0.25, -0.2) is 0 Å². The van der Waals surface area contributed by atoms with E-state index in [1.165, 1.54) is 19.3 Å². The molecule has 0 rings (SSSR count). The first kappa shape index (κ1) is 15.7. The lowest BCUT2D eigenvalue weighted by atomic mass is 10.0. The summed E-state index contributed by atoms with van der Waals surface area (Å²) >= 11 is 0. The predicted octanol–water partition coefficient (Wildman–Crippen LogP) is 3.08. The molecule has 4 heteroatoms. The second-order valence-electron chi connectivity index (χ2n) is 4.19. The third-order valence-corrected chi connectivity index (χ3v) is 2.58. The third-order valence-electron chi connectivity index (χ3n) is 2.58. The molecule has 0 fully saturated rings. The monoisotopic (exact) mass is 242 g/mol. The molecule has 0 aliphatic rings. The van der Waals surface area contributed by atoms with Crippen molar-refractivity contribution in [2.75, 3.05) is 0 Å². The number of hydrogen-bond acceptors (Lipinski definition) is 2. The van der Waals surface area contributed by atoms with Crippen LogP contribution in [0.25, 0.3) is 0 Å². The van der Waals surface area contributed by atoms with E-state index in [2.05, 4.69) is 6.92 Å². The Morgan fingerprint density at radius 2 is 1.82 bits per heavy atom. The molecule has 98 valence electrons. The van der Waals surface area contributed by atoms with E-state index >= 15 is 0 Å². The van der Waals surface area contributed by atoms with E-state index in [0.717, 1.165) is 12.8 Å². The van der Waals surface area contributed by atoms with Crippen LogP contribution in [0.4, 0.5) is 0 Å². The molecule has 0 aliphatic heterocycles. The van der Waals surface area contributed by atoms with Gasteiger partial charge in [0.15, 0.2) is 0 Å². The molecular formula is C13H22O4. The van der Waals surface area contributed by atoms with Crippen molar-refractivity contribution in [3.63, 3.8) is 0 Å². The minimum Gasteiger partial charge on any atom is -0.481 e. The molecule has 0 amide bonds. The summed E-state index contributed by atoms with van der Waals surface area (Å²) < 4.78 is 0. The first-order valence-electron chi connectivity index (χ1n) is 6.17. The lowest BCUT2D eigenvalue weighted by molar-refractivity contribution is -0.148. The molecule has 0 heterocycles. The summed E-state index contributed by atoms with van der Waals surface area (Å²) in [6.45, 7) is 2.15. The van der Waals surface area contributed by atoms with E-state index in [-0.39, 0.29) is 6.42 Å². The Morgan fingerprint density at radius 1 is 1.12 bits per heavy atom. The molecule has 0 bridgehead atoms. The SMILES string of the molecule is CCCCCCC=CCC(CC(=O)O)C(=O)O. The molecule has 0 aliphatic carbocycles. The standard InChI is InChI=1S/C13H22O4/c1-2-3-4-5-6-7-8-9-11(13(16)17)10-12(14)15/h7-8,11H,2-6,9-10H2,1H3,(H,14,15)(H,16,17). The molecule has 1 unspecified atom stereocenters. The van der Waals surface area contributed by atoms with Gasteiger partial charge in [-0.05, 0) is 19.3 Å². The van der Waals surface area contributed by atoms with Crippen molar-refractivity contribution in [1.29, 1.82) is 0 Å². The van der Waals surface area contributed by atoms with Gasteiger partial charge in [0, 0.05) is 0 Å². The van der Waals surface area contributed by atoms with Crippen molar-refractivity contribution >= 4 is 11.9 Å². The van der Waals surface area contributed by atoms with Crippen LogP contribution in [0.15, 0.2) is 12.2 Å². The fraction of sp³-hybridized carbons (Fsp3) is 0.692. The first-order chi connectivity index (χ1) is 8.07. The summed E-state index contributed by atoms with van der Waals surface area (Å²) in [5, 5.41) is 17.3. The van der Waals surface area contributed by atoms with E-state index in [4.69, 9.17) is 10.2 Å². The number of allylic oxidation sites excluding steroid dienone is 2. The highest BCUT2D eigenvalue weighted by molar-refractivity contribution is 5.77. The molecule has 0 spiro atoms. The summed E-state index contributed by atoms with van der Waals surface area (Å²) in [5.41, 5.74) is 0. The van der Waals surface area contributed by atoms with Crippen LogP contribution in [0.3, 0.4) is 0 Å². The molecular weight excluding hydrogens is 220 g/mol. The highest BCUT2D eigenvalue weighted by atomic mass is 16.4. The van der Waals surface area contributed by atoms with E-state index in [9.17, 15) is 9.59 Å². The Morgan fingerprint density at radius 3 is 2.35 bits per heavy atom. The smallest absolute Gasteiger partial charge is 0.307 e. The van der Waals surface area contributed by atoms with Gasteiger partial charge in [0.25, 0.3) is 0 Å². The summed E-state index contributed by atoms with van der Waals surface area (Å²) in [5.74, 6) is -2.91. The zero-order valence-corrected chi connectivity index (χ0v) is 10.4. The number of hydrogen-bond donors (Lipinski definition) is 2. The Balaban J connectivity index is 3.76. The van der Waals surface area contributed by atoms with Gasteiger partial charge in [0.2, 0.25) is 0 Å². The van der Waals surface area contributed by atoms with Gasteiger partial charge in [-0.2, -0.15) is 0 Å². The molecule has 4 nitrogen and oxygen atoms in total. The Hall–Kier alpha value is -1.32. The van der Waals surface area contributed by atoms with Gasteiger partial charge in [-0.15, -0.1) is 0 Å². The van der Waals surface area contributed by atoms with Crippen molar-refractivity contribution in [3.8, 4) is 0 Å². The highest BCUT2D eigenvalue weighted by Crippen LogP contribution is 2.11. The van der Waals surface area contributed by atoms with Crippen molar-refractivity contribution < 1.29 is 19.8 Å². The molecule has 0 aromatic heterocycles. The average Bonchev–Trinajstić information content (AvgIpc) is 2.25. The normalized spacial score (nSPS) is 12.8. The Labute approximate surface area is 102 Å². The van der Waals surface area contributed by atoms with Crippen molar-refractivity contribution in [1.82, 2.24) is 0 Å². The van der Waals surface area contributed by atoms with Crippen LogP contribution < -0.4 is 0 Å². The highest BCUT2D eigenvalue weighted by Gasteiger charge is 2.18. The summed E-state index contributed by atoms with van der Waals surface area (Å²) in [6, 6.07) is 0. The van der Waals surface area contributed by atoms with Crippen LogP contribution in [0.2, 0.25) is 0 Å². The largest absolute Gasteiger partial charge is 0.481 e. The number of rotatable bonds is 10. The number of aliphatic carboxylic acids is 2. The second kappa shape index (κ2) is 9.87. The fourth-order valence-electron chi connectivity index (χ4n) is 1.55. The van der Waals surface area contributed by atoms with Crippen molar-refractivity contribution in [3.05, 3.63) is 12.2 Å². The van der Waals surface area contributed by atoms with Crippen LogP contribution >= 0.6 is 0 Å². The molecule has 17 heavy (non-hydrogen) atoms. The Bertz CT molecular complexity index is 258. The first-order valence-corrected chi connectivity index (χ1v) is 6.17. The van der Waals surface area contributed by atoms with E-state index in [1.54, 1.807) is 6.08 Å². The summed E-state index contributed by atoms with van der Waals surface area (Å²) in [7, 11) is 0. The summed E-state index contributed by atoms with van der Waals surface area (Å²) in [4.78, 5) is 21.2. The molecule has 0 radical (unpaired) electrons. The van der Waals surface area contributed by atoms with Gasteiger partial charge < -0.3 is 10.2 Å². The van der Waals surface area contributed by atoms with E-state index in [1.807, 2.05) is 6.08 Å². The van der Waals surface area contributed by atoms with Gasteiger partial charge in [-0.1, -0.05) is 38.3 Å². The third kappa shape index (κ3) is 9.60. The second-order valence-corrected chi connectivity index (χ2v) is 4.19. The predicted molar refractivity (Wildman–Crippen MR) is 65.9 cm³/mol. The van der Waals surface area contributed by atoms with E-state index in [0.29, 0.717) is 6.42 Å². The molecule has 1 atom stereocenters. The number of carboxylic acids is 2. The Kier molecular flexibility index (Phi) is 9.11. The van der Waals surface area contributed by atoms with Crippen LogP contribution in [-0.2, 0) is 9.59 Å². The van der Waals surface area contributed by atoms with Crippen LogP contribution in [-0.4, -0.2) is 22.2 Å². The quantitative estimate of drug-likeness (QED) is 0.456. The zero-order valence-electron chi connectivity index (χ0n) is 10.4. The maximum Gasteiger partial charge on any atom is 0.307 e. The zero-order chi connectivity index (χ0) is 13.1.